The highest BCUT2D eigenvalue weighted by atomic mass is 32.2. The van der Waals surface area contributed by atoms with Crippen molar-refractivity contribution in [1.82, 2.24) is 20.1 Å². The third-order valence-electron chi connectivity index (χ3n) is 5.42. The second-order valence-electron chi connectivity index (χ2n) is 7.97. The molecule has 1 amide bonds. The molecule has 0 aliphatic heterocycles. The van der Waals surface area contributed by atoms with Crippen molar-refractivity contribution in [2.75, 3.05) is 5.75 Å². The quantitative estimate of drug-likeness (QED) is 0.531. The maximum atomic E-state index is 12.3. The van der Waals surface area contributed by atoms with Crippen molar-refractivity contribution < 1.29 is 9.53 Å². The molecule has 1 aliphatic carbocycles. The van der Waals surface area contributed by atoms with Gasteiger partial charge in [-0.15, -0.1) is 10.2 Å². The number of carbonyl (C=O) groups is 1. The maximum Gasteiger partial charge on any atom is 0.230 e. The molecule has 1 fully saturated rings. The topological polar surface area (TPSA) is 69.0 Å². The van der Waals surface area contributed by atoms with E-state index in [1.807, 2.05) is 37.6 Å². The van der Waals surface area contributed by atoms with Gasteiger partial charge in [0.05, 0.1) is 5.75 Å². The van der Waals surface area contributed by atoms with Crippen LogP contribution in [-0.2, 0) is 11.8 Å². The van der Waals surface area contributed by atoms with Crippen LogP contribution in [0.3, 0.4) is 0 Å². The average Bonchev–Trinajstić information content (AvgIpc) is 2.87. The van der Waals surface area contributed by atoms with Gasteiger partial charge in [0.2, 0.25) is 5.91 Å². The summed E-state index contributed by atoms with van der Waals surface area (Å²) in [5, 5.41) is 12.5. The van der Waals surface area contributed by atoms with Crippen LogP contribution in [0.25, 0.3) is 0 Å². The summed E-state index contributed by atoms with van der Waals surface area (Å²) in [6, 6.07) is 6.46. The molecule has 0 radical (unpaired) electrons. The molecule has 1 aliphatic rings. The summed E-state index contributed by atoms with van der Waals surface area (Å²) < 4.78 is 8.02. The number of hydrogen-bond acceptors (Lipinski definition) is 5. The fourth-order valence-corrected chi connectivity index (χ4v) is 4.53. The summed E-state index contributed by atoms with van der Waals surface area (Å²) in [5.41, 5.74) is 2.31. The minimum Gasteiger partial charge on any atom is -0.482 e. The second kappa shape index (κ2) is 10.1. The van der Waals surface area contributed by atoms with Gasteiger partial charge in [-0.3, -0.25) is 4.79 Å². The summed E-state index contributed by atoms with van der Waals surface area (Å²) in [6.45, 7) is 6.08. The highest BCUT2D eigenvalue weighted by Crippen LogP contribution is 2.26. The van der Waals surface area contributed by atoms with E-state index in [0.29, 0.717) is 11.8 Å². The molecule has 1 atom stereocenters. The van der Waals surface area contributed by atoms with Crippen LogP contribution >= 0.6 is 11.8 Å². The lowest BCUT2D eigenvalue weighted by atomic mass is 10.1. The molecule has 1 N–H and O–H groups in total. The molecular formula is C22H32N4O2S. The third kappa shape index (κ3) is 5.98. The van der Waals surface area contributed by atoms with Gasteiger partial charge in [-0.25, -0.2) is 0 Å². The summed E-state index contributed by atoms with van der Waals surface area (Å²) >= 11 is 1.42. The number of amides is 1. The molecule has 1 unspecified atom stereocenters. The van der Waals surface area contributed by atoms with E-state index in [4.69, 9.17) is 4.74 Å². The van der Waals surface area contributed by atoms with Crippen molar-refractivity contribution in [3.8, 4) is 5.75 Å². The molecule has 1 heterocycles. The first-order chi connectivity index (χ1) is 13.9. The van der Waals surface area contributed by atoms with Crippen LogP contribution in [0.15, 0.2) is 23.4 Å². The van der Waals surface area contributed by atoms with E-state index in [1.165, 1.54) is 43.0 Å². The number of rotatable bonds is 7. The molecular weight excluding hydrogens is 384 g/mol. The Bertz CT molecular complexity index is 828. The van der Waals surface area contributed by atoms with Gasteiger partial charge in [0.1, 0.15) is 5.75 Å². The van der Waals surface area contributed by atoms with Crippen molar-refractivity contribution in [3.63, 3.8) is 0 Å². The number of ether oxygens (including phenoxy) is 1. The lowest BCUT2D eigenvalue weighted by Crippen LogP contribution is -2.35. The molecule has 158 valence electrons. The zero-order chi connectivity index (χ0) is 20.8. The van der Waals surface area contributed by atoms with Gasteiger partial charge >= 0.3 is 0 Å². The van der Waals surface area contributed by atoms with Crippen molar-refractivity contribution in [3.05, 3.63) is 35.2 Å². The number of carbonyl (C=O) groups excluding carboxylic acids is 1. The Balaban J connectivity index is 1.55. The molecule has 29 heavy (non-hydrogen) atoms. The smallest absolute Gasteiger partial charge is 0.230 e. The van der Waals surface area contributed by atoms with Crippen LogP contribution < -0.4 is 10.1 Å². The Kier molecular flexibility index (Phi) is 7.58. The lowest BCUT2D eigenvalue weighted by Gasteiger charge is -2.17. The van der Waals surface area contributed by atoms with Crippen molar-refractivity contribution in [2.24, 2.45) is 7.05 Å². The van der Waals surface area contributed by atoms with Crippen LogP contribution in [0.2, 0.25) is 0 Å². The number of nitrogens with zero attached hydrogens (tertiary/aromatic N) is 3. The molecule has 1 saturated carbocycles. The first-order valence-electron chi connectivity index (χ1n) is 10.5. The highest BCUT2D eigenvalue weighted by molar-refractivity contribution is 7.99. The summed E-state index contributed by atoms with van der Waals surface area (Å²) in [5.74, 6) is 2.03. The standard InChI is InChI=1S/C22H32N4O2S/c1-15-11-12-19(16(2)13-15)28-17(3)21-24-25-22(26(21)4)29-14-20(27)23-18-9-7-5-6-8-10-18/h11-13,17-18H,5-10,14H2,1-4H3,(H,23,27). The molecule has 2 aromatic rings. The van der Waals surface area contributed by atoms with E-state index in [1.54, 1.807) is 0 Å². The monoisotopic (exact) mass is 416 g/mol. The number of hydrogen-bond donors (Lipinski definition) is 1. The van der Waals surface area contributed by atoms with Crippen molar-refractivity contribution >= 4 is 17.7 Å². The van der Waals surface area contributed by atoms with Gasteiger partial charge in [0, 0.05) is 13.1 Å². The summed E-state index contributed by atoms with van der Waals surface area (Å²) in [7, 11) is 1.92. The fourth-order valence-electron chi connectivity index (χ4n) is 3.80. The first kappa shape index (κ1) is 21.7. The molecule has 0 saturated heterocycles. The van der Waals surface area contributed by atoms with Crippen LogP contribution in [-0.4, -0.2) is 32.5 Å². The number of thioether (sulfide) groups is 1. The normalized spacial score (nSPS) is 16.3. The van der Waals surface area contributed by atoms with E-state index < -0.39 is 0 Å². The average molecular weight is 417 g/mol. The number of aromatic nitrogens is 3. The first-order valence-corrected chi connectivity index (χ1v) is 11.5. The van der Waals surface area contributed by atoms with E-state index in [9.17, 15) is 4.79 Å². The predicted molar refractivity (Wildman–Crippen MR) is 116 cm³/mol. The van der Waals surface area contributed by atoms with E-state index >= 15 is 0 Å². The lowest BCUT2D eigenvalue weighted by molar-refractivity contribution is -0.119. The van der Waals surface area contributed by atoms with Gasteiger partial charge in [0.25, 0.3) is 0 Å². The number of benzene rings is 1. The molecule has 1 aromatic heterocycles. The maximum absolute atomic E-state index is 12.3. The Morgan fingerprint density at radius 2 is 1.97 bits per heavy atom. The molecule has 6 nitrogen and oxygen atoms in total. The molecule has 0 spiro atoms. The number of nitrogens with one attached hydrogen (secondary N) is 1. The molecule has 7 heteroatoms. The predicted octanol–water partition coefficient (Wildman–Crippen LogP) is 4.50. The van der Waals surface area contributed by atoms with Crippen LogP contribution in [0, 0.1) is 13.8 Å². The van der Waals surface area contributed by atoms with Crippen LogP contribution in [0.1, 0.15) is 68.5 Å². The second-order valence-corrected chi connectivity index (χ2v) is 8.92. The van der Waals surface area contributed by atoms with Gasteiger partial charge in [-0.2, -0.15) is 0 Å². The zero-order valence-electron chi connectivity index (χ0n) is 17.9. The van der Waals surface area contributed by atoms with Gasteiger partial charge in [0.15, 0.2) is 17.1 Å². The Hall–Kier alpha value is -2.02. The van der Waals surface area contributed by atoms with E-state index in [2.05, 4.69) is 28.5 Å². The zero-order valence-corrected chi connectivity index (χ0v) is 18.7. The van der Waals surface area contributed by atoms with Gasteiger partial charge in [-0.1, -0.05) is 55.1 Å². The molecule has 0 bridgehead atoms. The number of aryl methyl sites for hydroxylation is 2. The third-order valence-corrected chi connectivity index (χ3v) is 6.44. The SMILES string of the molecule is Cc1ccc(OC(C)c2nnc(SCC(=O)NC3CCCCCC3)n2C)c(C)c1. The minimum atomic E-state index is -0.233. The Labute approximate surface area is 177 Å². The van der Waals surface area contributed by atoms with Gasteiger partial charge < -0.3 is 14.6 Å². The molecule has 3 rings (SSSR count). The van der Waals surface area contributed by atoms with Gasteiger partial charge in [-0.05, 0) is 45.2 Å². The van der Waals surface area contributed by atoms with E-state index in [0.717, 1.165) is 35.1 Å². The van der Waals surface area contributed by atoms with Crippen molar-refractivity contribution in [2.45, 2.75) is 76.6 Å². The van der Waals surface area contributed by atoms with Crippen LogP contribution in [0.5, 0.6) is 5.75 Å². The summed E-state index contributed by atoms with van der Waals surface area (Å²) in [6.07, 6.45) is 6.95. The summed E-state index contributed by atoms with van der Waals surface area (Å²) in [4.78, 5) is 12.3. The fraction of sp³-hybridized carbons (Fsp3) is 0.591. The largest absolute Gasteiger partial charge is 0.482 e. The van der Waals surface area contributed by atoms with E-state index in [-0.39, 0.29) is 12.0 Å². The minimum absolute atomic E-state index is 0.0750. The Morgan fingerprint density at radius 3 is 2.66 bits per heavy atom. The highest BCUT2D eigenvalue weighted by Gasteiger charge is 2.20. The molecule has 1 aromatic carbocycles. The van der Waals surface area contributed by atoms with Crippen molar-refractivity contribution in [1.29, 1.82) is 0 Å². The van der Waals surface area contributed by atoms with Crippen LogP contribution in [0.4, 0.5) is 0 Å². The Morgan fingerprint density at radius 1 is 1.24 bits per heavy atom.